The van der Waals surface area contributed by atoms with Crippen LogP contribution in [-0.2, 0) is 0 Å². The van der Waals surface area contributed by atoms with E-state index in [1.165, 1.54) is 25.7 Å². The zero-order valence-corrected chi connectivity index (χ0v) is 12.9. The molecule has 1 aromatic rings. The number of aromatic nitrogens is 3. The van der Waals surface area contributed by atoms with Crippen molar-refractivity contribution in [1.29, 1.82) is 0 Å². The molecule has 0 bridgehead atoms. The number of anilines is 2. The highest BCUT2D eigenvalue weighted by molar-refractivity contribution is 5.39. The average molecular weight is 279 g/mol. The second-order valence-corrected chi connectivity index (χ2v) is 5.55. The van der Waals surface area contributed by atoms with Crippen LogP contribution in [0.3, 0.4) is 0 Å². The Labute approximate surface area is 121 Å². The van der Waals surface area contributed by atoms with Crippen LogP contribution >= 0.6 is 0 Å². The summed E-state index contributed by atoms with van der Waals surface area (Å²) in [4.78, 5) is 15.5. The molecule has 1 N–H and O–H groups in total. The van der Waals surface area contributed by atoms with E-state index in [1.807, 2.05) is 20.9 Å². The molecular weight excluding hydrogens is 254 g/mol. The Kier molecular flexibility index (Phi) is 4.98. The first-order chi connectivity index (χ1) is 9.60. The Bertz CT molecular complexity index is 438. The lowest BCUT2D eigenvalue weighted by molar-refractivity contribution is 0.222. The van der Waals surface area contributed by atoms with Crippen molar-refractivity contribution >= 4 is 11.9 Å². The molecule has 0 spiro atoms. The number of rotatable bonds is 4. The second-order valence-electron chi connectivity index (χ2n) is 5.55. The molecule has 1 atom stereocenters. The lowest BCUT2D eigenvalue weighted by atomic mass is 10.1. The Morgan fingerprint density at radius 2 is 2.00 bits per heavy atom. The van der Waals surface area contributed by atoms with Crippen molar-refractivity contribution in [2.24, 2.45) is 0 Å². The Hall–Kier alpha value is -1.59. The van der Waals surface area contributed by atoms with E-state index in [9.17, 15) is 0 Å². The molecule has 1 aromatic heterocycles. The molecule has 0 amide bonds. The molecule has 0 radical (unpaired) electrons. The van der Waals surface area contributed by atoms with Gasteiger partial charge in [0.05, 0.1) is 6.10 Å². The normalized spacial score (nSPS) is 19.9. The van der Waals surface area contributed by atoms with Gasteiger partial charge in [-0.1, -0.05) is 12.8 Å². The van der Waals surface area contributed by atoms with Crippen molar-refractivity contribution in [3.05, 3.63) is 0 Å². The van der Waals surface area contributed by atoms with E-state index in [-0.39, 0.29) is 6.10 Å². The molecule has 0 aromatic carbocycles. The topological polar surface area (TPSA) is 63.2 Å². The van der Waals surface area contributed by atoms with Gasteiger partial charge >= 0.3 is 6.01 Å². The van der Waals surface area contributed by atoms with Crippen LogP contribution in [-0.4, -0.2) is 40.7 Å². The van der Waals surface area contributed by atoms with Crippen LogP contribution in [0.2, 0.25) is 0 Å². The van der Waals surface area contributed by atoms with E-state index in [1.54, 1.807) is 0 Å². The SMILES string of the molecule is CNc1nc(OC(C)C)nc(N2CCCCCC2C)n1. The van der Waals surface area contributed by atoms with Gasteiger partial charge in [0.2, 0.25) is 11.9 Å². The number of ether oxygens (including phenoxy) is 1. The molecule has 1 aliphatic rings. The quantitative estimate of drug-likeness (QED) is 0.913. The molecule has 6 nitrogen and oxygen atoms in total. The minimum atomic E-state index is 0.0523. The Balaban J connectivity index is 2.28. The molecule has 1 aliphatic heterocycles. The lowest BCUT2D eigenvalue weighted by Crippen LogP contribution is -2.34. The first kappa shape index (κ1) is 14.8. The van der Waals surface area contributed by atoms with Gasteiger partial charge in [-0.25, -0.2) is 0 Å². The third kappa shape index (κ3) is 3.71. The predicted octanol–water partition coefficient (Wildman–Crippen LogP) is 2.47. The number of hydrogen-bond donors (Lipinski definition) is 1. The molecule has 2 rings (SSSR count). The van der Waals surface area contributed by atoms with Crippen LogP contribution in [0.5, 0.6) is 6.01 Å². The van der Waals surface area contributed by atoms with Crippen molar-refractivity contribution in [1.82, 2.24) is 15.0 Å². The maximum atomic E-state index is 5.63. The van der Waals surface area contributed by atoms with Crippen molar-refractivity contribution in [2.75, 3.05) is 23.8 Å². The van der Waals surface area contributed by atoms with Crippen LogP contribution in [0.1, 0.15) is 46.5 Å². The summed E-state index contributed by atoms with van der Waals surface area (Å²) in [6, 6.07) is 0.849. The monoisotopic (exact) mass is 279 g/mol. The van der Waals surface area contributed by atoms with Crippen LogP contribution < -0.4 is 15.0 Å². The molecule has 0 saturated carbocycles. The molecule has 1 fully saturated rings. The zero-order valence-electron chi connectivity index (χ0n) is 12.9. The highest BCUT2D eigenvalue weighted by Gasteiger charge is 2.21. The van der Waals surface area contributed by atoms with Gasteiger partial charge < -0.3 is 15.0 Å². The first-order valence-electron chi connectivity index (χ1n) is 7.47. The van der Waals surface area contributed by atoms with E-state index >= 15 is 0 Å². The fourth-order valence-corrected chi connectivity index (χ4v) is 2.42. The largest absolute Gasteiger partial charge is 0.461 e. The second kappa shape index (κ2) is 6.72. The summed E-state index contributed by atoms with van der Waals surface area (Å²) in [6.45, 7) is 7.17. The number of nitrogens with zero attached hydrogens (tertiary/aromatic N) is 4. The molecule has 2 heterocycles. The van der Waals surface area contributed by atoms with Gasteiger partial charge in [-0.3, -0.25) is 0 Å². The summed E-state index contributed by atoms with van der Waals surface area (Å²) < 4.78 is 5.63. The smallest absolute Gasteiger partial charge is 0.323 e. The highest BCUT2D eigenvalue weighted by Crippen LogP contribution is 2.23. The summed E-state index contributed by atoms with van der Waals surface area (Å²) in [7, 11) is 1.81. The maximum Gasteiger partial charge on any atom is 0.323 e. The Morgan fingerprint density at radius 3 is 2.70 bits per heavy atom. The maximum absolute atomic E-state index is 5.63. The lowest BCUT2D eigenvalue weighted by Gasteiger charge is -2.27. The first-order valence-corrected chi connectivity index (χ1v) is 7.47. The molecule has 1 saturated heterocycles. The van der Waals surface area contributed by atoms with Crippen molar-refractivity contribution < 1.29 is 4.74 Å². The third-order valence-electron chi connectivity index (χ3n) is 3.48. The summed E-state index contributed by atoms with van der Waals surface area (Å²) in [5.41, 5.74) is 0. The van der Waals surface area contributed by atoms with Crippen LogP contribution in [0.4, 0.5) is 11.9 Å². The molecule has 20 heavy (non-hydrogen) atoms. The fourth-order valence-electron chi connectivity index (χ4n) is 2.42. The number of nitrogens with one attached hydrogen (secondary N) is 1. The van der Waals surface area contributed by atoms with E-state index < -0.39 is 0 Å². The fraction of sp³-hybridized carbons (Fsp3) is 0.786. The Morgan fingerprint density at radius 1 is 1.20 bits per heavy atom. The third-order valence-corrected chi connectivity index (χ3v) is 3.48. The summed E-state index contributed by atoms with van der Waals surface area (Å²) in [6.07, 6.45) is 4.97. The van der Waals surface area contributed by atoms with E-state index in [4.69, 9.17) is 4.74 Å². The van der Waals surface area contributed by atoms with Crippen molar-refractivity contribution in [2.45, 2.75) is 58.6 Å². The summed E-state index contributed by atoms with van der Waals surface area (Å²) in [5.74, 6) is 1.27. The van der Waals surface area contributed by atoms with Crippen molar-refractivity contribution in [3.8, 4) is 6.01 Å². The van der Waals surface area contributed by atoms with Gasteiger partial charge in [0.25, 0.3) is 0 Å². The average Bonchev–Trinajstić information content (AvgIpc) is 2.62. The molecule has 112 valence electrons. The minimum Gasteiger partial charge on any atom is -0.461 e. The van der Waals surface area contributed by atoms with Gasteiger partial charge in [-0.05, 0) is 33.6 Å². The van der Waals surface area contributed by atoms with Gasteiger partial charge in [0.15, 0.2) is 0 Å². The van der Waals surface area contributed by atoms with Crippen LogP contribution in [0, 0.1) is 0 Å². The van der Waals surface area contributed by atoms with Gasteiger partial charge in [-0.15, -0.1) is 0 Å². The van der Waals surface area contributed by atoms with Crippen LogP contribution in [0.25, 0.3) is 0 Å². The molecule has 0 aliphatic carbocycles. The van der Waals surface area contributed by atoms with Gasteiger partial charge in [0.1, 0.15) is 0 Å². The minimum absolute atomic E-state index is 0.0523. The summed E-state index contributed by atoms with van der Waals surface area (Å²) in [5, 5.41) is 2.98. The van der Waals surface area contributed by atoms with E-state index in [0.29, 0.717) is 18.0 Å². The van der Waals surface area contributed by atoms with Crippen molar-refractivity contribution in [3.63, 3.8) is 0 Å². The highest BCUT2D eigenvalue weighted by atomic mass is 16.5. The predicted molar refractivity (Wildman–Crippen MR) is 80.4 cm³/mol. The van der Waals surface area contributed by atoms with E-state index in [2.05, 4.69) is 32.1 Å². The zero-order chi connectivity index (χ0) is 14.5. The van der Waals surface area contributed by atoms with E-state index in [0.717, 1.165) is 12.5 Å². The number of hydrogen-bond acceptors (Lipinski definition) is 6. The molecule has 6 heteroatoms. The molecular formula is C14H25N5O. The molecule has 1 unspecified atom stereocenters. The van der Waals surface area contributed by atoms with Gasteiger partial charge in [-0.2, -0.15) is 15.0 Å². The van der Waals surface area contributed by atoms with Gasteiger partial charge in [0, 0.05) is 19.6 Å². The van der Waals surface area contributed by atoms with Crippen LogP contribution in [0.15, 0.2) is 0 Å². The standard InChI is InChI=1S/C14H25N5O/c1-10(2)20-14-17-12(15-4)16-13(18-14)19-9-7-5-6-8-11(19)3/h10-11H,5-9H2,1-4H3,(H,15,16,17,18). The summed E-state index contributed by atoms with van der Waals surface area (Å²) >= 11 is 0.